The average Bonchev–Trinajstić information content (AvgIpc) is 2.93. The number of nitrogens with zero attached hydrogens (tertiary/aromatic N) is 1. The highest BCUT2D eigenvalue weighted by molar-refractivity contribution is 7.12. The summed E-state index contributed by atoms with van der Waals surface area (Å²) in [6.07, 6.45) is 0.443. The standard InChI is InChI=1S/C16H12FNO2S/c17-15-5-3-6-16(14(15)10-18)20-11-13-8-7-12(21-13)4-1-2-9-19/h3,5-8,19H,2,9,11H2. The lowest BCUT2D eigenvalue weighted by Crippen LogP contribution is -1.96. The van der Waals surface area contributed by atoms with Gasteiger partial charge in [0.1, 0.15) is 29.8 Å². The Bertz CT molecular complexity index is 722. The van der Waals surface area contributed by atoms with E-state index in [-0.39, 0.29) is 24.5 Å². The Morgan fingerprint density at radius 1 is 1.29 bits per heavy atom. The highest BCUT2D eigenvalue weighted by Gasteiger charge is 2.09. The third kappa shape index (κ3) is 4.06. The molecule has 0 bridgehead atoms. The topological polar surface area (TPSA) is 53.2 Å². The third-order valence-electron chi connectivity index (χ3n) is 2.57. The van der Waals surface area contributed by atoms with E-state index < -0.39 is 5.82 Å². The maximum absolute atomic E-state index is 13.4. The van der Waals surface area contributed by atoms with Crippen molar-refractivity contribution in [1.29, 1.82) is 5.26 Å². The minimum absolute atomic E-state index is 0.0465. The zero-order chi connectivity index (χ0) is 15.1. The summed E-state index contributed by atoms with van der Waals surface area (Å²) in [7, 11) is 0. The van der Waals surface area contributed by atoms with Crippen LogP contribution in [0.1, 0.15) is 21.7 Å². The molecule has 0 radical (unpaired) electrons. The molecule has 0 spiro atoms. The summed E-state index contributed by atoms with van der Waals surface area (Å²) in [4.78, 5) is 1.80. The second kappa shape index (κ2) is 7.44. The lowest BCUT2D eigenvalue weighted by atomic mass is 10.2. The highest BCUT2D eigenvalue weighted by Crippen LogP contribution is 2.23. The number of halogens is 1. The summed E-state index contributed by atoms with van der Waals surface area (Å²) in [6, 6.07) is 9.84. The van der Waals surface area contributed by atoms with Gasteiger partial charge < -0.3 is 9.84 Å². The number of aliphatic hydroxyl groups excluding tert-OH is 1. The maximum atomic E-state index is 13.4. The van der Waals surface area contributed by atoms with E-state index in [0.29, 0.717) is 6.42 Å². The van der Waals surface area contributed by atoms with Crippen molar-refractivity contribution < 1.29 is 14.2 Å². The molecule has 0 atom stereocenters. The molecule has 1 heterocycles. The van der Waals surface area contributed by atoms with E-state index in [1.807, 2.05) is 12.1 Å². The van der Waals surface area contributed by atoms with Gasteiger partial charge in [-0.05, 0) is 24.3 Å². The van der Waals surface area contributed by atoms with Crippen molar-refractivity contribution in [3.8, 4) is 23.7 Å². The Morgan fingerprint density at radius 2 is 2.14 bits per heavy atom. The first-order chi connectivity index (χ1) is 10.2. The van der Waals surface area contributed by atoms with Gasteiger partial charge in [-0.15, -0.1) is 11.3 Å². The molecule has 106 valence electrons. The molecule has 0 saturated carbocycles. The van der Waals surface area contributed by atoms with Gasteiger partial charge in [-0.2, -0.15) is 5.26 Å². The monoisotopic (exact) mass is 301 g/mol. The predicted molar refractivity (Wildman–Crippen MR) is 78.3 cm³/mol. The Kier molecular flexibility index (Phi) is 5.34. The van der Waals surface area contributed by atoms with Crippen LogP contribution >= 0.6 is 11.3 Å². The molecule has 2 aromatic rings. The number of rotatable bonds is 4. The van der Waals surface area contributed by atoms with Crippen LogP contribution in [-0.2, 0) is 6.61 Å². The number of nitriles is 1. The minimum atomic E-state index is -0.586. The van der Waals surface area contributed by atoms with Crippen molar-refractivity contribution in [2.75, 3.05) is 6.61 Å². The number of aliphatic hydroxyl groups is 1. The van der Waals surface area contributed by atoms with E-state index in [9.17, 15) is 4.39 Å². The predicted octanol–water partition coefficient (Wildman–Crippen LogP) is 3.07. The molecule has 21 heavy (non-hydrogen) atoms. The number of ether oxygens (including phenoxy) is 1. The molecule has 1 aromatic heterocycles. The molecule has 0 aliphatic carbocycles. The highest BCUT2D eigenvalue weighted by atomic mass is 32.1. The van der Waals surface area contributed by atoms with Crippen molar-refractivity contribution in [3.05, 3.63) is 51.5 Å². The van der Waals surface area contributed by atoms with E-state index in [4.69, 9.17) is 15.1 Å². The van der Waals surface area contributed by atoms with Gasteiger partial charge >= 0.3 is 0 Å². The number of hydrogen-bond donors (Lipinski definition) is 1. The van der Waals surface area contributed by atoms with Crippen molar-refractivity contribution in [3.63, 3.8) is 0 Å². The van der Waals surface area contributed by atoms with Crippen LogP contribution in [0.15, 0.2) is 30.3 Å². The Labute approximate surface area is 126 Å². The van der Waals surface area contributed by atoms with Crippen molar-refractivity contribution in [2.45, 2.75) is 13.0 Å². The van der Waals surface area contributed by atoms with Crippen molar-refractivity contribution in [2.24, 2.45) is 0 Å². The first-order valence-corrected chi connectivity index (χ1v) is 7.06. The quantitative estimate of drug-likeness (QED) is 0.883. The van der Waals surface area contributed by atoms with E-state index >= 15 is 0 Å². The van der Waals surface area contributed by atoms with Gasteiger partial charge in [0.15, 0.2) is 0 Å². The first kappa shape index (κ1) is 15.1. The molecule has 1 N–H and O–H groups in total. The summed E-state index contributed by atoms with van der Waals surface area (Å²) >= 11 is 1.46. The number of benzene rings is 1. The normalized spacial score (nSPS) is 9.57. The molecule has 0 unspecified atom stereocenters. The molecule has 0 amide bonds. The van der Waals surface area contributed by atoms with Gasteiger partial charge in [0.2, 0.25) is 0 Å². The van der Waals surface area contributed by atoms with Gasteiger partial charge in [-0.1, -0.05) is 17.9 Å². The van der Waals surface area contributed by atoms with Gasteiger partial charge in [-0.3, -0.25) is 0 Å². The molecule has 3 nitrogen and oxygen atoms in total. The van der Waals surface area contributed by atoms with Crippen LogP contribution in [0.4, 0.5) is 4.39 Å². The fourth-order valence-corrected chi connectivity index (χ4v) is 2.41. The van der Waals surface area contributed by atoms with Crippen LogP contribution in [0.2, 0.25) is 0 Å². The van der Waals surface area contributed by atoms with Gasteiger partial charge in [0.25, 0.3) is 0 Å². The SMILES string of the molecule is N#Cc1c(F)cccc1OCc1ccc(C#CCCO)s1. The van der Waals surface area contributed by atoms with Crippen LogP contribution in [0.3, 0.4) is 0 Å². The summed E-state index contributed by atoms with van der Waals surface area (Å²) < 4.78 is 18.9. The van der Waals surface area contributed by atoms with Crippen LogP contribution in [0, 0.1) is 29.0 Å². The van der Waals surface area contributed by atoms with Crippen molar-refractivity contribution >= 4 is 11.3 Å². The minimum Gasteiger partial charge on any atom is -0.487 e. The Balaban J connectivity index is 2.03. The molecule has 0 fully saturated rings. The smallest absolute Gasteiger partial charge is 0.144 e. The maximum Gasteiger partial charge on any atom is 0.144 e. The van der Waals surface area contributed by atoms with E-state index in [0.717, 1.165) is 9.75 Å². The lowest BCUT2D eigenvalue weighted by molar-refractivity contribution is 0.305. The molecule has 5 heteroatoms. The molecular formula is C16H12FNO2S. The Morgan fingerprint density at radius 3 is 2.90 bits per heavy atom. The zero-order valence-corrected chi connectivity index (χ0v) is 11.9. The van der Waals surface area contributed by atoms with E-state index in [1.54, 1.807) is 12.1 Å². The average molecular weight is 301 g/mol. The Hall–Kier alpha value is -2.34. The van der Waals surface area contributed by atoms with E-state index in [2.05, 4.69) is 11.8 Å². The summed E-state index contributed by atoms with van der Waals surface area (Å²) in [6.45, 7) is 0.301. The fourth-order valence-electron chi connectivity index (χ4n) is 1.61. The van der Waals surface area contributed by atoms with Crippen LogP contribution < -0.4 is 4.74 Å². The lowest BCUT2D eigenvalue weighted by Gasteiger charge is -2.06. The molecular weight excluding hydrogens is 289 g/mol. The van der Waals surface area contributed by atoms with E-state index in [1.165, 1.54) is 23.5 Å². The largest absolute Gasteiger partial charge is 0.487 e. The van der Waals surface area contributed by atoms with Gasteiger partial charge in [-0.25, -0.2) is 4.39 Å². The fraction of sp³-hybridized carbons (Fsp3) is 0.188. The van der Waals surface area contributed by atoms with Crippen LogP contribution in [0.5, 0.6) is 5.75 Å². The molecule has 0 aliphatic heterocycles. The molecule has 0 aliphatic rings. The summed E-state index contributed by atoms with van der Waals surface area (Å²) in [5.74, 6) is 5.43. The summed E-state index contributed by atoms with van der Waals surface area (Å²) in [5.41, 5.74) is -0.0861. The van der Waals surface area contributed by atoms with Crippen LogP contribution in [0.25, 0.3) is 0 Å². The third-order valence-corrected chi connectivity index (χ3v) is 3.54. The second-order valence-corrected chi connectivity index (χ2v) is 5.22. The van der Waals surface area contributed by atoms with Gasteiger partial charge in [0, 0.05) is 11.3 Å². The summed E-state index contributed by atoms with van der Waals surface area (Å²) in [5, 5.41) is 17.6. The van der Waals surface area contributed by atoms with Gasteiger partial charge in [0.05, 0.1) is 11.5 Å². The van der Waals surface area contributed by atoms with Crippen LogP contribution in [-0.4, -0.2) is 11.7 Å². The number of hydrogen-bond acceptors (Lipinski definition) is 4. The zero-order valence-electron chi connectivity index (χ0n) is 11.1. The molecule has 1 aromatic carbocycles. The molecule has 0 saturated heterocycles. The number of thiophene rings is 1. The van der Waals surface area contributed by atoms with Crippen molar-refractivity contribution in [1.82, 2.24) is 0 Å². The second-order valence-electron chi connectivity index (χ2n) is 4.05. The molecule has 2 rings (SSSR count). The first-order valence-electron chi connectivity index (χ1n) is 6.24.